The van der Waals surface area contributed by atoms with Crippen LogP contribution < -0.4 is 29.6 Å². The van der Waals surface area contributed by atoms with Crippen LogP contribution in [0.5, 0.6) is 0 Å². The maximum Gasteiger partial charge on any atom is 1.00 e. The van der Waals surface area contributed by atoms with Crippen LogP contribution in [0.2, 0.25) is 0 Å². The summed E-state index contributed by atoms with van der Waals surface area (Å²) in [6.45, 7) is 0. The van der Waals surface area contributed by atoms with E-state index in [1.165, 1.54) is 5.55 Å². The van der Waals surface area contributed by atoms with E-state index in [1.807, 2.05) is 0 Å². The maximum absolute atomic E-state index is 7.13. The Morgan fingerprint density at radius 1 is 1.75 bits per heavy atom. The minimum atomic E-state index is 0. The van der Waals surface area contributed by atoms with E-state index in [2.05, 4.69) is 12.2 Å². The van der Waals surface area contributed by atoms with E-state index in [0.29, 0.717) is 0 Å². The van der Waals surface area contributed by atoms with E-state index in [4.69, 9.17) is 5.11 Å². The Balaban J connectivity index is 0. The summed E-state index contributed by atoms with van der Waals surface area (Å²) in [4.78, 5) is 0. The molecular weight excluding hydrogens is 83.1 g/mol. The molecule has 3 heteroatoms. The minimum Gasteiger partial charge on any atom is -0.694 e. The van der Waals surface area contributed by atoms with Crippen LogP contribution in [0.3, 0.4) is 0 Å². The average Bonchev–Trinajstić information content (AvgIpc) is 0.918. The van der Waals surface area contributed by atoms with Crippen molar-refractivity contribution in [1.82, 2.24) is 0 Å². The molecule has 0 heterocycles. The zero-order valence-corrected chi connectivity index (χ0v) is 5.17. The molecule has 0 radical (unpaired) electrons. The summed E-state index contributed by atoms with van der Waals surface area (Å²) < 4.78 is 0. The predicted molar refractivity (Wildman–Crippen MR) is 15.2 cm³/mol. The molecule has 0 aromatic rings. The molecule has 0 atom stereocenters. The molecule has 0 aliphatic heterocycles. The largest absolute Gasteiger partial charge is 1.00 e. The summed E-state index contributed by atoms with van der Waals surface area (Å²) in [5.41, 5.74) is 1.33. The zero-order valence-electron chi connectivity index (χ0n) is 2.36. The first-order valence-electron chi connectivity index (χ1n) is 0.428. The molecule has 0 aliphatic rings. The van der Waals surface area contributed by atoms with Crippen molar-refractivity contribution in [1.29, 1.82) is 0 Å². The van der Waals surface area contributed by atoms with Crippen LogP contribution in [0.15, 0.2) is 0 Å². The molecule has 4 heavy (non-hydrogen) atoms. The molecule has 0 rings (SSSR count). The van der Waals surface area contributed by atoms with Gasteiger partial charge in [-0.3, -0.25) is 0 Å². The molecular formula is CHNaOS. The minimum absolute atomic E-state index is 0. The Hall–Kier alpha value is 0.890. The van der Waals surface area contributed by atoms with Crippen LogP contribution in [0.4, 0.5) is 0 Å². The van der Waals surface area contributed by atoms with Gasteiger partial charge in [-0.25, -0.2) is 5.55 Å². The number of aliphatic hydroxyl groups is 1. The van der Waals surface area contributed by atoms with E-state index in [1.54, 1.807) is 0 Å². The fraction of sp³-hybridized carbons (Fsp3) is 0. The number of rotatable bonds is 0. The Morgan fingerprint density at radius 2 is 1.75 bits per heavy atom. The molecule has 0 unspecified atom stereocenters. The third-order valence-corrected chi connectivity index (χ3v) is 0. The first-order valence-corrected chi connectivity index (χ1v) is 0.836. The summed E-state index contributed by atoms with van der Waals surface area (Å²) >= 11 is 3.70. The van der Waals surface area contributed by atoms with Crippen molar-refractivity contribution in [2.45, 2.75) is 0 Å². The molecule has 0 spiro atoms. The van der Waals surface area contributed by atoms with E-state index >= 15 is 0 Å². The monoisotopic (exact) mass is 84.0 g/mol. The van der Waals surface area contributed by atoms with Crippen molar-refractivity contribution in [2.75, 3.05) is 0 Å². The van der Waals surface area contributed by atoms with Crippen molar-refractivity contribution < 1.29 is 34.7 Å². The van der Waals surface area contributed by atoms with Gasteiger partial charge in [0.05, 0.1) is 0 Å². The zero-order chi connectivity index (χ0) is 2.71. The second kappa shape index (κ2) is 9.10. The Bertz CT molecular complexity index is 15.5. The summed E-state index contributed by atoms with van der Waals surface area (Å²) in [6.07, 6.45) is 0. The Kier molecular flexibility index (Phi) is 20.1. The average molecular weight is 84.1 g/mol. The van der Waals surface area contributed by atoms with Crippen LogP contribution in [-0.4, -0.2) is 10.7 Å². The van der Waals surface area contributed by atoms with Gasteiger partial charge in [0.2, 0.25) is 0 Å². The van der Waals surface area contributed by atoms with Crippen molar-refractivity contribution in [2.24, 2.45) is 0 Å². The molecule has 0 saturated heterocycles. The van der Waals surface area contributed by atoms with Gasteiger partial charge in [-0.1, -0.05) is 0 Å². The topological polar surface area (TPSA) is 20.2 Å². The van der Waals surface area contributed by atoms with E-state index in [9.17, 15) is 0 Å². The van der Waals surface area contributed by atoms with Gasteiger partial charge in [0.25, 0.3) is 0 Å². The third kappa shape index (κ3) is 13.0. The first-order chi connectivity index (χ1) is 1.41. The van der Waals surface area contributed by atoms with E-state index in [-0.39, 0.29) is 29.6 Å². The van der Waals surface area contributed by atoms with Gasteiger partial charge in [-0.05, 0) is 0 Å². The molecule has 0 saturated carbocycles. The SMILES string of the molecule is O[C-]=S.[Na+]. The van der Waals surface area contributed by atoms with Gasteiger partial charge in [0.15, 0.2) is 0 Å². The van der Waals surface area contributed by atoms with Gasteiger partial charge in [0.1, 0.15) is 0 Å². The number of hydrogen-bond donors (Lipinski definition) is 1. The van der Waals surface area contributed by atoms with Gasteiger partial charge in [-0.2, -0.15) is 0 Å². The number of aliphatic hydroxyl groups excluding tert-OH is 1. The van der Waals surface area contributed by atoms with Gasteiger partial charge < -0.3 is 17.3 Å². The molecule has 0 fully saturated rings. The van der Waals surface area contributed by atoms with Crippen molar-refractivity contribution in [3.63, 3.8) is 0 Å². The third-order valence-electron chi connectivity index (χ3n) is 0. The van der Waals surface area contributed by atoms with Crippen LogP contribution >= 0.6 is 12.2 Å². The molecule has 0 aromatic carbocycles. The number of hydrogen-bond acceptors (Lipinski definition) is 1. The van der Waals surface area contributed by atoms with Gasteiger partial charge in [0, 0.05) is 0 Å². The van der Waals surface area contributed by atoms with E-state index < -0.39 is 0 Å². The van der Waals surface area contributed by atoms with Crippen LogP contribution in [0.1, 0.15) is 0 Å². The molecule has 0 amide bonds. The van der Waals surface area contributed by atoms with Gasteiger partial charge >= 0.3 is 29.6 Å². The van der Waals surface area contributed by atoms with Crippen molar-refractivity contribution in [3.8, 4) is 0 Å². The quantitative estimate of drug-likeness (QED) is 0.197. The van der Waals surface area contributed by atoms with E-state index in [0.717, 1.165) is 0 Å². The second-order valence-electron chi connectivity index (χ2n) is 0.0913. The second-order valence-corrected chi connectivity index (χ2v) is 0.274. The molecule has 0 aromatic heterocycles. The Labute approximate surface area is 52.3 Å². The summed E-state index contributed by atoms with van der Waals surface area (Å²) in [6, 6.07) is 0. The predicted octanol–water partition coefficient (Wildman–Crippen LogP) is -2.62. The normalized spacial score (nSPS) is 3.00. The van der Waals surface area contributed by atoms with Crippen LogP contribution in [-0.2, 0) is 0 Å². The molecule has 18 valence electrons. The van der Waals surface area contributed by atoms with Crippen molar-refractivity contribution >= 4 is 17.8 Å². The number of thiocarbonyl (C=S) groups is 1. The first kappa shape index (κ1) is 8.86. The van der Waals surface area contributed by atoms with Crippen LogP contribution in [0.25, 0.3) is 0 Å². The standard InChI is InChI=1S/CHOS.Na/c2-1-3;/h(H,2,3);/q-1;+1. The van der Waals surface area contributed by atoms with Crippen molar-refractivity contribution in [3.05, 3.63) is 0 Å². The Morgan fingerprint density at radius 3 is 1.75 bits per heavy atom. The summed E-state index contributed by atoms with van der Waals surface area (Å²) in [5.74, 6) is 0. The van der Waals surface area contributed by atoms with Crippen LogP contribution in [0, 0.1) is 0 Å². The summed E-state index contributed by atoms with van der Waals surface area (Å²) in [5, 5.41) is 7.13. The molecule has 1 N–H and O–H groups in total. The van der Waals surface area contributed by atoms with Gasteiger partial charge in [-0.15, -0.1) is 0 Å². The molecule has 0 aliphatic carbocycles. The smallest absolute Gasteiger partial charge is 0.694 e. The fourth-order valence-corrected chi connectivity index (χ4v) is 0. The molecule has 0 bridgehead atoms. The fourth-order valence-electron chi connectivity index (χ4n) is 0. The molecule has 1 nitrogen and oxygen atoms in total. The summed E-state index contributed by atoms with van der Waals surface area (Å²) in [7, 11) is 0. The maximum atomic E-state index is 7.13.